The van der Waals surface area contributed by atoms with Crippen LogP contribution in [0.25, 0.3) is 27.5 Å². The van der Waals surface area contributed by atoms with Gasteiger partial charge in [0.1, 0.15) is 23.9 Å². The third-order valence-corrected chi connectivity index (χ3v) is 8.67. The predicted octanol–water partition coefficient (Wildman–Crippen LogP) is 7.78. The molecular formula is C35H28ClF4N7O2. The number of nitrogens with zero attached hydrogens (tertiary/aromatic N) is 5. The summed E-state index contributed by atoms with van der Waals surface area (Å²) < 4.78 is 61.9. The van der Waals surface area contributed by atoms with Crippen molar-refractivity contribution in [1.82, 2.24) is 29.6 Å². The van der Waals surface area contributed by atoms with Gasteiger partial charge in [-0.25, -0.2) is 14.4 Å². The second-order valence-corrected chi connectivity index (χ2v) is 12.1. The fourth-order valence-corrected chi connectivity index (χ4v) is 5.95. The van der Waals surface area contributed by atoms with Crippen LogP contribution in [0.1, 0.15) is 39.6 Å². The number of carbonyl (C=O) groups excluding carboxylic acids is 1. The van der Waals surface area contributed by atoms with E-state index < -0.39 is 23.6 Å². The molecule has 0 atom stereocenters. The number of amides is 1. The second kappa shape index (κ2) is 13.0. The molecule has 0 radical (unpaired) electrons. The Hall–Kier alpha value is -5.27. The standard InChI is InChI=1S/C35H28ClF4N7O2/c1-46-30-10-6-21(34(48)41-24-8-9-28-25(17-24)33(45-44-28)35(38,39)40)15-29(30)42-31(46)18-47-13-11-20(12-14-47)27-3-2-4-32(43-27)49-19-22-5-7-23(36)16-26(22)37/h2-11,15-17H,12-14,18-19H2,1H3,(H,41,48)(H,44,45). The number of aryl methyl sites for hydroxylation is 1. The van der Waals surface area contributed by atoms with Crippen molar-refractivity contribution in [1.29, 1.82) is 0 Å². The summed E-state index contributed by atoms with van der Waals surface area (Å²) in [6, 6.07) is 19.3. The minimum atomic E-state index is -4.60. The van der Waals surface area contributed by atoms with Crippen LogP contribution in [0.3, 0.4) is 0 Å². The summed E-state index contributed by atoms with van der Waals surface area (Å²) in [6.07, 6.45) is -1.73. The number of fused-ring (bicyclic) bond motifs is 2. The zero-order chi connectivity index (χ0) is 34.3. The van der Waals surface area contributed by atoms with Gasteiger partial charge >= 0.3 is 6.18 Å². The van der Waals surface area contributed by atoms with Crippen molar-refractivity contribution in [3.8, 4) is 5.88 Å². The minimum Gasteiger partial charge on any atom is -0.473 e. The van der Waals surface area contributed by atoms with E-state index in [1.807, 2.05) is 28.8 Å². The smallest absolute Gasteiger partial charge is 0.433 e. The van der Waals surface area contributed by atoms with Crippen LogP contribution in [0, 0.1) is 5.82 Å². The molecule has 1 amide bonds. The molecule has 0 aliphatic carbocycles. The maximum Gasteiger partial charge on any atom is 0.433 e. The number of alkyl halides is 3. The molecule has 4 heterocycles. The Labute approximate surface area is 282 Å². The molecule has 0 bridgehead atoms. The van der Waals surface area contributed by atoms with Crippen molar-refractivity contribution in [2.24, 2.45) is 7.05 Å². The van der Waals surface area contributed by atoms with Gasteiger partial charge in [0.15, 0.2) is 0 Å². The van der Waals surface area contributed by atoms with Crippen molar-refractivity contribution in [2.45, 2.75) is 25.7 Å². The maximum atomic E-state index is 14.1. The highest BCUT2D eigenvalue weighted by Crippen LogP contribution is 2.34. The number of hydrogen-bond donors (Lipinski definition) is 2. The number of pyridine rings is 1. The van der Waals surface area contributed by atoms with E-state index in [4.69, 9.17) is 21.3 Å². The van der Waals surface area contributed by atoms with Gasteiger partial charge < -0.3 is 14.6 Å². The molecule has 3 aromatic carbocycles. The number of carbonyl (C=O) groups is 1. The predicted molar refractivity (Wildman–Crippen MR) is 178 cm³/mol. The summed E-state index contributed by atoms with van der Waals surface area (Å²) in [5, 5.41) is 8.59. The first-order valence-corrected chi connectivity index (χ1v) is 15.7. The van der Waals surface area contributed by atoms with Crippen molar-refractivity contribution in [3.05, 3.63) is 118 Å². The van der Waals surface area contributed by atoms with E-state index in [-0.39, 0.29) is 23.2 Å². The van der Waals surface area contributed by atoms with Crippen LogP contribution in [0.2, 0.25) is 5.02 Å². The monoisotopic (exact) mass is 689 g/mol. The molecule has 6 aromatic rings. The number of imidazole rings is 1. The van der Waals surface area contributed by atoms with Gasteiger partial charge in [0, 0.05) is 53.4 Å². The highest BCUT2D eigenvalue weighted by Gasteiger charge is 2.35. The van der Waals surface area contributed by atoms with Crippen molar-refractivity contribution in [2.75, 3.05) is 18.4 Å². The molecule has 0 spiro atoms. The number of benzene rings is 3. The maximum absolute atomic E-state index is 14.1. The first-order valence-electron chi connectivity index (χ1n) is 15.3. The minimum absolute atomic E-state index is 0.0326. The van der Waals surface area contributed by atoms with Gasteiger partial charge in [-0.2, -0.15) is 18.3 Å². The summed E-state index contributed by atoms with van der Waals surface area (Å²) in [4.78, 5) is 24.8. The molecule has 1 aliphatic heterocycles. The molecule has 49 heavy (non-hydrogen) atoms. The Morgan fingerprint density at radius 1 is 1.04 bits per heavy atom. The van der Waals surface area contributed by atoms with Crippen LogP contribution in [0.4, 0.5) is 23.2 Å². The van der Waals surface area contributed by atoms with Crippen LogP contribution in [-0.4, -0.2) is 48.6 Å². The van der Waals surface area contributed by atoms with E-state index in [2.05, 4.69) is 26.4 Å². The number of aromatic amines is 1. The molecule has 1 aliphatic rings. The molecule has 7 rings (SSSR count). The molecular weight excluding hydrogens is 662 g/mol. The number of aromatic nitrogens is 5. The largest absolute Gasteiger partial charge is 0.473 e. The van der Waals surface area contributed by atoms with Crippen molar-refractivity contribution in [3.63, 3.8) is 0 Å². The lowest BCUT2D eigenvalue weighted by Crippen LogP contribution is -2.29. The molecule has 0 saturated carbocycles. The normalized spacial score (nSPS) is 14.0. The third-order valence-electron chi connectivity index (χ3n) is 8.43. The van der Waals surface area contributed by atoms with Gasteiger partial charge in [0.25, 0.3) is 5.91 Å². The molecule has 14 heteroatoms. The van der Waals surface area contributed by atoms with Crippen molar-refractivity contribution < 1.29 is 27.1 Å². The van der Waals surface area contributed by atoms with Gasteiger partial charge in [-0.05, 0) is 66.6 Å². The van der Waals surface area contributed by atoms with Crippen LogP contribution in [-0.2, 0) is 26.4 Å². The van der Waals surface area contributed by atoms with Gasteiger partial charge in [-0.1, -0.05) is 29.8 Å². The van der Waals surface area contributed by atoms with Crippen LogP contribution in [0.5, 0.6) is 5.88 Å². The highest BCUT2D eigenvalue weighted by atomic mass is 35.5. The van der Waals surface area contributed by atoms with Crippen LogP contribution >= 0.6 is 11.6 Å². The molecule has 9 nitrogen and oxygen atoms in total. The van der Waals surface area contributed by atoms with E-state index in [1.165, 1.54) is 24.3 Å². The van der Waals surface area contributed by atoms with E-state index >= 15 is 0 Å². The summed E-state index contributed by atoms with van der Waals surface area (Å²) >= 11 is 5.84. The summed E-state index contributed by atoms with van der Waals surface area (Å²) in [7, 11) is 1.92. The molecule has 2 N–H and O–H groups in total. The second-order valence-electron chi connectivity index (χ2n) is 11.7. The quantitative estimate of drug-likeness (QED) is 0.158. The Morgan fingerprint density at radius 3 is 2.67 bits per heavy atom. The Balaban J connectivity index is 0.999. The number of rotatable bonds is 8. The molecule has 0 fully saturated rings. The average Bonchev–Trinajstić information content (AvgIpc) is 3.65. The zero-order valence-electron chi connectivity index (χ0n) is 26.0. The summed E-state index contributed by atoms with van der Waals surface area (Å²) in [5.41, 5.74) is 3.45. The number of halogens is 5. The number of ether oxygens (including phenoxy) is 1. The van der Waals surface area contributed by atoms with E-state index in [1.54, 1.807) is 36.4 Å². The first kappa shape index (κ1) is 32.3. The van der Waals surface area contributed by atoms with Crippen LogP contribution < -0.4 is 10.1 Å². The fraction of sp³-hybridized carbons (Fsp3) is 0.200. The average molecular weight is 690 g/mol. The molecule has 3 aromatic heterocycles. The van der Waals surface area contributed by atoms with Gasteiger partial charge in [-0.15, -0.1) is 0 Å². The molecule has 0 unspecified atom stereocenters. The van der Waals surface area contributed by atoms with Crippen molar-refractivity contribution >= 4 is 50.7 Å². The first-order chi connectivity index (χ1) is 23.5. The van der Waals surface area contributed by atoms with Crippen LogP contribution in [0.15, 0.2) is 78.9 Å². The molecule has 0 saturated heterocycles. The number of anilines is 1. The van der Waals surface area contributed by atoms with Gasteiger partial charge in [-0.3, -0.25) is 14.8 Å². The Bertz CT molecular complexity index is 2250. The lowest BCUT2D eigenvalue weighted by molar-refractivity contribution is -0.139. The highest BCUT2D eigenvalue weighted by molar-refractivity contribution is 6.30. The van der Waals surface area contributed by atoms with E-state index in [0.717, 1.165) is 35.6 Å². The van der Waals surface area contributed by atoms with E-state index in [0.29, 0.717) is 40.6 Å². The lowest BCUT2D eigenvalue weighted by Gasteiger charge is -2.25. The Kier molecular flexibility index (Phi) is 8.55. The van der Waals surface area contributed by atoms with Gasteiger partial charge in [0.05, 0.1) is 28.8 Å². The van der Waals surface area contributed by atoms with Gasteiger partial charge in [0.2, 0.25) is 5.88 Å². The Morgan fingerprint density at radius 2 is 1.90 bits per heavy atom. The summed E-state index contributed by atoms with van der Waals surface area (Å²) in [6.45, 7) is 2.05. The summed E-state index contributed by atoms with van der Waals surface area (Å²) in [5.74, 6) is 0.313. The zero-order valence-corrected chi connectivity index (χ0v) is 26.7. The SMILES string of the molecule is Cn1c(CN2CC=C(c3cccc(OCc4ccc(Cl)cc4F)n3)CC2)nc2cc(C(=O)Nc3ccc4n[nH]c(C(F)(F)F)c4c3)ccc21. The molecule has 250 valence electrons. The number of nitrogens with one attached hydrogen (secondary N) is 2. The number of hydrogen-bond acceptors (Lipinski definition) is 6. The third kappa shape index (κ3) is 6.85. The topological polar surface area (TPSA) is 101 Å². The fourth-order valence-electron chi connectivity index (χ4n) is 5.79. The lowest BCUT2D eigenvalue weighted by atomic mass is 10.0. The van der Waals surface area contributed by atoms with E-state index in [9.17, 15) is 22.4 Å². The number of H-pyrrole nitrogens is 1.